The van der Waals surface area contributed by atoms with Gasteiger partial charge in [-0.3, -0.25) is 0 Å². The van der Waals surface area contributed by atoms with Gasteiger partial charge in [-0.15, -0.1) is 23.1 Å². The number of nitrogens with zero attached hydrogens (tertiary/aromatic N) is 2. The van der Waals surface area contributed by atoms with Crippen LogP contribution in [0.15, 0.2) is 45.6 Å². The van der Waals surface area contributed by atoms with E-state index in [2.05, 4.69) is 39.7 Å². The molecule has 1 aromatic carbocycles. The zero-order chi connectivity index (χ0) is 19.0. The van der Waals surface area contributed by atoms with E-state index >= 15 is 0 Å². The van der Waals surface area contributed by atoms with Crippen LogP contribution in [0.4, 0.5) is 13.2 Å². The number of guanidine groups is 1. The fraction of sp³-hybridized carbons (Fsp3) is 0.412. The number of aromatic nitrogens is 1. The minimum absolute atomic E-state index is 0.107. The Labute approximate surface area is 159 Å². The van der Waals surface area contributed by atoms with E-state index in [0.717, 1.165) is 16.7 Å². The van der Waals surface area contributed by atoms with Gasteiger partial charge in [-0.1, -0.05) is 25.1 Å². The van der Waals surface area contributed by atoms with Gasteiger partial charge in [0.2, 0.25) is 0 Å². The summed E-state index contributed by atoms with van der Waals surface area (Å²) in [5.41, 5.74) is -0.862. The molecule has 9 heteroatoms. The highest BCUT2D eigenvalue weighted by Crippen LogP contribution is 2.30. The second kappa shape index (κ2) is 9.82. The van der Waals surface area contributed by atoms with Crippen LogP contribution >= 0.6 is 23.1 Å². The predicted molar refractivity (Wildman–Crippen MR) is 102 cm³/mol. The Morgan fingerprint density at radius 1 is 1.27 bits per heavy atom. The molecule has 0 fully saturated rings. The van der Waals surface area contributed by atoms with Gasteiger partial charge in [-0.05, 0) is 19.1 Å². The fourth-order valence-corrected chi connectivity index (χ4v) is 3.69. The highest BCUT2D eigenvalue weighted by atomic mass is 32.2. The maximum atomic E-state index is 12.6. The van der Waals surface area contributed by atoms with Crippen molar-refractivity contribution >= 4 is 29.1 Å². The van der Waals surface area contributed by atoms with Crippen LogP contribution < -0.4 is 10.6 Å². The molecule has 2 aromatic rings. The fourth-order valence-electron chi connectivity index (χ4n) is 2.02. The molecule has 0 aliphatic carbocycles. The van der Waals surface area contributed by atoms with Crippen molar-refractivity contribution < 1.29 is 13.2 Å². The van der Waals surface area contributed by atoms with Crippen molar-refractivity contribution in [1.82, 2.24) is 15.6 Å². The molecule has 2 N–H and O–H groups in total. The Hall–Kier alpha value is -1.74. The summed E-state index contributed by atoms with van der Waals surface area (Å²) in [7, 11) is 0. The van der Waals surface area contributed by atoms with E-state index in [0.29, 0.717) is 29.3 Å². The van der Waals surface area contributed by atoms with Crippen molar-refractivity contribution in [1.29, 1.82) is 0 Å². The molecule has 0 aliphatic rings. The molecule has 1 aromatic heterocycles. The molecule has 0 amide bonds. The van der Waals surface area contributed by atoms with Gasteiger partial charge in [0.15, 0.2) is 11.7 Å². The van der Waals surface area contributed by atoms with Crippen LogP contribution in [-0.2, 0) is 12.7 Å². The third-order valence-electron chi connectivity index (χ3n) is 3.20. The van der Waals surface area contributed by atoms with E-state index in [1.165, 1.54) is 4.90 Å². The van der Waals surface area contributed by atoms with Crippen molar-refractivity contribution in [3.05, 3.63) is 46.4 Å². The number of aliphatic imine (C=N–C) groups is 1. The lowest BCUT2D eigenvalue weighted by molar-refractivity contribution is -0.140. The zero-order valence-corrected chi connectivity index (χ0v) is 16.1. The highest BCUT2D eigenvalue weighted by Gasteiger charge is 2.33. The van der Waals surface area contributed by atoms with Crippen molar-refractivity contribution in [3.63, 3.8) is 0 Å². The topological polar surface area (TPSA) is 49.3 Å². The van der Waals surface area contributed by atoms with E-state index in [1.54, 1.807) is 11.8 Å². The number of alkyl halides is 3. The maximum Gasteiger partial charge on any atom is 0.434 e. The van der Waals surface area contributed by atoms with Crippen LogP contribution in [0.2, 0.25) is 0 Å². The lowest BCUT2D eigenvalue weighted by atomic mass is 10.4. The predicted octanol–water partition coefficient (Wildman–Crippen LogP) is 4.40. The number of thiazole rings is 1. The molecule has 0 saturated heterocycles. The van der Waals surface area contributed by atoms with Gasteiger partial charge in [0.1, 0.15) is 5.01 Å². The lowest BCUT2D eigenvalue weighted by Gasteiger charge is -2.15. The van der Waals surface area contributed by atoms with Crippen molar-refractivity contribution in [2.45, 2.75) is 36.7 Å². The van der Waals surface area contributed by atoms with E-state index < -0.39 is 11.9 Å². The van der Waals surface area contributed by atoms with Gasteiger partial charge in [0.25, 0.3) is 0 Å². The Balaban J connectivity index is 1.88. The van der Waals surface area contributed by atoms with Gasteiger partial charge >= 0.3 is 6.18 Å². The molecule has 0 aliphatic heterocycles. The van der Waals surface area contributed by atoms with Crippen LogP contribution in [0.3, 0.4) is 0 Å². The summed E-state index contributed by atoms with van der Waals surface area (Å²) in [5.74, 6) is 0.566. The molecule has 26 heavy (non-hydrogen) atoms. The van der Waals surface area contributed by atoms with Crippen molar-refractivity contribution in [2.75, 3.05) is 13.1 Å². The average Bonchev–Trinajstić information content (AvgIpc) is 3.08. The summed E-state index contributed by atoms with van der Waals surface area (Å²) in [6, 6.07) is 10.1. The summed E-state index contributed by atoms with van der Waals surface area (Å²) in [6.45, 7) is 5.49. The molecule has 1 atom stereocenters. The number of thioether (sulfide) groups is 1. The van der Waals surface area contributed by atoms with E-state index in [-0.39, 0.29) is 6.54 Å². The monoisotopic (exact) mass is 402 g/mol. The Bertz CT molecular complexity index is 702. The van der Waals surface area contributed by atoms with Crippen LogP contribution in [0.5, 0.6) is 0 Å². The van der Waals surface area contributed by atoms with Crippen LogP contribution in [-0.4, -0.2) is 29.3 Å². The molecule has 1 unspecified atom stereocenters. The maximum absolute atomic E-state index is 12.6. The van der Waals surface area contributed by atoms with Crippen LogP contribution in [0.25, 0.3) is 0 Å². The first-order valence-electron chi connectivity index (χ1n) is 8.14. The normalized spacial score (nSPS) is 13.5. The summed E-state index contributed by atoms with van der Waals surface area (Å²) < 4.78 is 37.8. The van der Waals surface area contributed by atoms with Gasteiger partial charge < -0.3 is 10.6 Å². The van der Waals surface area contributed by atoms with Crippen molar-refractivity contribution in [2.24, 2.45) is 4.99 Å². The third-order valence-corrected chi connectivity index (χ3v) is 5.14. The summed E-state index contributed by atoms with van der Waals surface area (Å²) >= 11 is 2.71. The van der Waals surface area contributed by atoms with Gasteiger partial charge in [0.05, 0.1) is 6.54 Å². The molecule has 4 nitrogen and oxygen atoms in total. The molecular weight excluding hydrogens is 381 g/mol. The molecule has 0 bridgehead atoms. The van der Waals surface area contributed by atoms with Crippen LogP contribution in [0, 0.1) is 0 Å². The largest absolute Gasteiger partial charge is 0.434 e. The number of nitrogens with one attached hydrogen (secondary N) is 2. The number of rotatable bonds is 7. The summed E-state index contributed by atoms with van der Waals surface area (Å²) in [5, 5.41) is 7.97. The molecule has 2 rings (SSSR count). The summed E-state index contributed by atoms with van der Waals surface area (Å²) in [6.07, 6.45) is -4.41. The summed E-state index contributed by atoms with van der Waals surface area (Å²) in [4.78, 5) is 9.10. The lowest BCUT2D eigenvalue weighted by Crippen LogP contribution is -2.40. The highest BCUT2D eigenvalue weighted by molar-refractivity contribution is 8.00. The molecule has 0 radical (unpaired) electrons. The minimum atomic E-state index is -4.41. The quantitative estimate of drug-likeness (QED) is 0.410. The van der Waals surface area contributed by atoms with Crippen LogP contribution in [0.1, 0.15) is 24.5 Å². The molecule has 1 heterocycles. The molecule has 142 valence electrons. The Morgan fingerprint density at radius 2 is 2.00 bits per heavy atom. The first-order valence-corrected chi connectivity index (χ1v) is 9.90. The first-order chi connectivity index (χ1) is 12.4. The molecule has 0 spiro atoms. The smallest absolute Gasteiger partial charge is 0.357 e. The number of hydrogen-bond acceptors (Lipinski definition) is 4. The second-order valence-electron chi connectivity index (χ2n) is 5.44. The van der Waals surface area contributed by atoms with Gasteiger partial charge in [-0.25, -0.2) is 9.98 Å². The molecular formula is C17H21F3N4S2. The minimum Gasteiger partial charge on any atom is -0.357 e. The first kappa shape index (κ1) is 20.6. The Morgan fingerprint density at radius 3 is 2.62 bits per heavy atom. The van der Waals surface area contributed by atoms with E-state index in [4.69, 9.17) is 0 Å². The van der Waals surface area contributed by atoms with Crippen molar-refractivity contribution in [3.8, 4) is 0 Å². The number of halogens is 3. The van der Waals surface area contributed by atoms with Gasteiger partial charge in [-0.2, -0.15) is 13.2 Å². The number of hydrogen-bond donors (Lipinski definition) is 2. The second-order valence-corrected chi connectivity index (χ2v) is 7.90. The third kappa shape index (κ3) is 6.87. The van der Waals surface area contributed by atoms with Gasteiger partial charge in [0, 0.05) is 28.6 Å². The van der Waals surface area contributed by atoms with E-state index in [9.17, 15) is 13.2 Å². The standard InChI is InChI=1S/C17H21F3N4S2/c1-3-21-16(22-9-12(2)26-13-7-5-4-6-8-13)23-10-15-24-14(11-25-15)17(18,19)20/h4-8,11-12H,3,9-10H2,1-2H3,(H2,21,22,23). The Kier molecular flexibility index (Phi) is 7.77. The average molecular weight is 403 g/mol. The molecule has 0 saturated carbocycles. The van der Waals surface area contributed by atoms with E-state index in [1.807, 2.05) is 25.1 Å². The SMILES string of the molecule is CCNC(=NCc1nc(C(F)(F)F)cs1)NCC(C)Sc1ccccc1. The number of benzene rings is 1. The zero-order valence-electron chi connectivity index (χ0n) is 14.5.